The average Bonchev–Trinajstić information content (AvgIpc) is 2.81. The molecule has 0 saturated carbocycles. The Labute approximate surface area is 114 Å². The van der Waals surface area contributed by atoms with E-state index < -0.39 is 0 Å². The number of hydrogen-bond acceptors (Lipinski definition) is 3. The molecule has 0 radical (unpaired) electrons. The molecule has 17 heavy (non-hydrogen) atoms. The van der Waals surface area contributed by atoms with Crippen LogP contribution in [0.3, 0.4) is 0 Å². The van der Waals surface area contributed by atoms with Gasteiger partial charge in [0.1, 0.15) is 0 Å². The highest BCUT2D eigenvalue weighted by atomic mass is 79.9. The predicted molar refractivity (Wildman–Crippen MR) is 76.6 cm³/mol. The zero-order valence-corrected chi connectivity index (χ0v) is 12.7. The fraction of sp³-hybridized carbons (Fsp3) is 0.417. The summed E-state index contributed by atoms with van der Waals surface area (Å²) in [5.41, 5.74) is 3.70. The Morgan fingerprint density at radius 1 is 1.47 bits per heavy atom. The van der Waals surface area contributed by atoms with Crippen molar-refractivity contribution in [1.82, 2.24) is 15.1 Å². The molecule has 2 heterocycles. The van der Waals surface area contributed by atoms with Gasteiger partial charge in [-0.15, -0.1) is 11.3 Å². The normalized spacial score (nSPS) is 11.1. The van der Waals surface area contributed by atoms with Crippen LogP contribution >= 0.6 is 27.3 Å². The van der Waals surface area contributed by atoms with Crippen molar-refractivity contribution in [1.29, 1.82) is 0 Å². The molecule has 0 aliphatic heterocycles. The second-order valence-electron chi connectivity index (χ2n) is 4.00. The van der Waals surface area contributed by atoms with Gasteiger partial charge < -0.3 is 5.32 Å². The molecule has 0 fully saturated rings. The Morgan fingerprint density at radius 2 is 2.24 bits per heavy atom. The van der Waals surface area contributed by atoms with Gasteiger partial charge in [0.25, 0.3) is 0 Å². The van der Waals surface area contributed by atoms with Crippen molar-refractivity contribution in [3.8, 4) is 10.6 Å². The summed E-state index contributed by atoms with van der Waals surface area (Å²) in [7, 11) is 3.98. The minimum atomic E-state index is 0.964. The molecule has 1 N–H and O–H groups in total. The molecule has 0 aliphatic carbocycles. The minimum Gasteiger partial charge on any atom is -0.319 e. The second kappa shape index (κ2) is 5.33. The average molecular weight is 314 g/mol. The molecular formula is C12H16BrN3S. The maximum absolute atomic E-state index is 4.60. The molecule has 2 rings (SSSR count). The maximum Gasteiger partial charge on any atom is 0.0811 e. The molecule has 0 aliphatic rings. The van der Waals surface area contributed by atoms with Crippen molar-refractivity contribution in [3.63, 3.8) is 0 Å². The SMILES string of the molecule is CNCCc1nn(C)c(-c2ccc(Br)s2)c1C. The van der Waals surface area contributed by atoms with Gasteiger partial charge in [0.05, 0.1) is 20.1 Å². The second-order valence-corrected chi connectivity index (χ2v) is 6.46. The number of aryl methyl sites for hydroxylation is 1. The van der Waals surface area contributed by atoms with E-state index in [1.165, 1.54) is 21.8 Å². The lowest BCUT2D eigenvalue weighted by molar-refractivity contribution is 0.720. The van der Waals surface area contributed by atoms with Gasteiger partial charge in [0.2, 0.25) is 0 Å². The first-order valence-corrected chi connectivity index (χ1v) is 7.17. The predicted octanol–water partition coefficient (Wildman–Crippen LogP) is 2.98. The standard InChI is InChI=1S/C12H16BrN3S/c1-8-9(6-7-14-2)15-16(3)12(8)10-4-5-11(13)17-10/h4-5,14H,6-7H2,1-3H3. The van der Waals surface area contributed by atoms with Crippen LogP contribution in [0.25, 0.3) is 10.6 Å². The van der Waals surface area contributed by atoms with E-state index in [-0.39, 0.29) is 0 Å². The van der Waals surface area contributed by atoms with Crippen LogP contribution in [0.1, 0.15) is 11.3 Å². The number of rotatable bonds is 4. The molecule has 2 aromatic rings. The van der Waals surface area contributed by atoms with Crippen molar-refractivity contribution in [2.24, 2.45) is 7.05 Å². The van der Waals surface area contributed by atoms with E-state index >= 15 is 0 Å². The molecule has 0 spiro atoms. The molecule has 0 atom stereocenters. The highest BCUT2D eigenvalue weighted by molar-refractivity contribution is 9.11. The Morgan fingerprint density at radius 3 is 2.82 bits per heavy atom. The number of nitrogens with zero attached hydrogens (tertiary/aromatic N) is 2. The van der Waals surface area contributed by atoms with E-state index in [0.717, 1.165) is 16.8 Å². The van der Waals surface area contributed by atoms with E-state index in [4.69, 9.17) is 0 Å². The Hall–Kier alpha value is -0.650. The van der Waals surface area contributed by atoms with Crippen LogP contribution in [-0.4, -0.2) is 23.4 Å². The van der Waals surface area contributed by atoms with Crippen molar-refractivity contribution in [2.45, 2.75) is 13.3 Å². The Kier molecular flexibility index (Phi) is 4.01. The third-order valence-corrected chi connectivity index (χ3v) is 4.43. The van der Waals surface area contributed by atoms with Crippen molar-refractivity contribution in [3.05, 3.63) is 27.2 Å². The van der Waals surface area contributed by atoms with Crippen molar-refractivity contribution >= 4 is 27.3 Å². The molecule has 5 heteroatoms. The van der Waals surface area contributed by atoms with Crippen LogP contribution in [0.2, 0.25) is 0 Å². The molecule has 2 aromatic heterocycles. The monoisotopic (exact) mass is 313 g/mol. The molecule has 3 nitrogen and oxygen atoms in total. The van der Waals surface area contributed by atoms with Gasteiger partial charge in [-0.3, -0.25) is 4.68 Å². The number of thiophene rings is 1. The van der Waals surface area contributed by atoms with E-state index in [1.807, 2.05) is 18.8 Å². The lowest BCUT2D eigenvalue weighted by Gasteiger charge is -1.99. The summed E-state index contributed by atoms with van der Waals surface area (Å²) < 4.78 is 3.14. The molecule has 0 aromatic carbocycles. The zero-order valence-electron chi connectivity index (χ0n) is 10.2. The quantitative estimate of drug-likeness (QED) is 0.940. The fourth-order valence-electron chi connectivity index (χ4n) is 1.95. The summed E-state index contributed by atoms with van der Waals surface area (Å²) in [5, 5.41) is 7.76. The number of likely N-dealkylation sites (N-methyl/N-ethyl adjacent to an activating group) is 1. The van der Waals surface area contributed by atoms with Crippen LogP contribution in [0, 0.1) is 6.92 Å². The van der Waals surface area contributed by atoms with Crippen LogP contribution < -0.4 is 5.32 Å². The van der Waals surface area contributed by atoms with Gasteiger partial charge in [-0.25, -0.2) is 0 Å². The number of hydrogen-bond donors (Lipinski definition) is 1. The Balaban J connectivity index is 2.37. The molecule has 0 bridgehead atoms. The third kappa shape index (κ3) is 2.61. The number of nitrogens with one attached hydrogen (secondary N) is 1. The van der Waals surface area contributed by atoms with Gasteiger partial charge in [-0.2, -0.15) is 5.10 Å². The minimum absolute atomic E-state index is 0.964. The van der Waals surface area contributed by atoms with Crippen LogP contribution in [0.15, 0.2) is 15.9 Å². The first kappa shape index (κ1) is 12.8. The van der Waals surface area contributed by atoms with Crippen LogP contribution in [0.5, 0.6) is 0 Å². The van der Waals surface area contributed by atoms with Gasteiger partial charge in [0.15, 0.2) is 0 Å². The zero-order chi connectivity index (χ0) is 12.4. The van der Waals surface area contributed by atoms with Gasteiger partial charge in [-0.1, -0.05) is 0 Å². The van der Waals surface area contributed by atoms with E-state index in [9.17, 15) is 0 Å². The molecule has 0 saturated heterocycles. The van der Waals surface area contributed by atoms with Gasteiger partial charge >= 0.3 is 0 Å². The molecule has 0 unspecified atom stereocenters. The summed E-state index contributed by atoms with van der Waals surface area (Å²) in [6.07, 6.45) is 0.975. The first-order valence-electron chi connectivity index (χ1n) is 5.56. The van der Waals surface area contributed by atoms with Crippen molar-refractivity contribution in [2.75, 3.05) is 13.6 Å². The molecule has 92 valence electrons. The third-order valence-electron chi connectivity index (χ3n) is 2.80. The van der Waals surface area contributed by atoms with Crippen molar-refractivity contribution < 1.29 is 0 Å². The maximum atomic E-state index is 4.60. The summed E-state index contributed by atoms with van der Waals surface area (Å²) in [5.74, 6) is 0. The van der Waals surface area contributed by atoms with Gasteiger partial charge in [-0.05, 0) is 47.6 Å². The summed E-state index contributed by atoms with van der Waals surface area (Å²) >= 11 is 5.25. The fourth-order valence-corrected chi connectivity index (χ4v) is 3.47. The number of halogens is 1. The highest BCUT2D eigenvalue weighted by Gasteiger charge is 2.14. The van der Waals surface area contributed by atoms with Crippen LogP contribution in [0.4, 0.5) is 0 Å². The Bertz CT molecular complexity index is 516. The number of aromatic nitrogens is 2. The first-order chi connectivity index (χ1) is 8.13. The highest BCUT2D eigenvalue weighted by Crippen LogP contribution is 2.33. The topological polar surface area (TPSA) is 29.9 Å². The smallest absolute Gasteiger partial charge is 0.0811 e. The van der Waals surface area contributed by atoms with Crippen LogP contribution in [-0.2, 0) is 13.5 Å². The largest absolute Gasteiger partial charge is 0.319 e. The summed E-state index contributed by atoms with van der Waals surface area (Å²) in [6, 6.07) is 4.22. The van der Waals surface area contributed by atoms with E-state index in [0.29, 0.717) is 0 Å². The van der Waals surface area contributed by atoms with E-state index in [1.54, 1.807) is 11.3 Å². The molecular weight excluding hydrogens is 298 g/mol. The molecule has 0 amide bonds. The van der Waals surface area contributed by atoms with E-state index in [2.05, 4.69) is 45.4 Å². The lowest BCUT2D eigenvalue weighted by atomic mass is 10.1. The summed E-state index contributed by atoms with van der Waals surface area (Å²) in [4.78, 5) is 1.26. The lowest BCUT2D eigenvalue weighted by Crippen LogP contribution is -2.11. The summed E-state index contributed by atoms with van der Waals surface area (Å²) in [6.45, 7) is 3.12. The van der Waals surface area contributed by atoms with Gasteiger partial charge in [0, 0.05) is 20.0 Å².